The summed E-state index contributed by atoms with van der Waals surface area (Å²) in [5.41, 5.74) is 1.37. The van der Waals surface area contributed by atoms with E-state index in [-0.39, 0.29) is 11.3 Å². The number of hydrogen-bond acceptors (Lipinski definition) is 3. The van der Waals surface area contributed by atoms with Gasteiger partial charge in [-0.3, -0.25) is 4.79 Å². The molecule has 4 nitrogen and oxygen atoms in total. The first-order valence-electron chi connectivity index (χ1n) is 6.61. The van der Waals surface area contributed by atoms with Gasteiger partial charge in [-0.05, 0) is 36.8 Å². The van der Waals surface area contributed by atoms with Crippen molar-refractivity contribution in [1.29, 1.82) is 0 Å². The minimum atomic E-state index is -2.95. The minimum Gasteiger partial charge on any atom is -0.495 e. The van der Waals surface area contributed by atoms with Gasteiger partial charge in [0.2, 0.25) is 0 Å². The van der Waals surface area contributed by atoms with E-state index in [0.29, 0.717) is 16.5 Å². The quantitative estimate of drug-likeness (QED) is 0.870. The van der Waals surface area contributed by atoms with Crippen molar-refractivity contribution < 1.29 is 23.0 Å². The average Bonchev–Trinajstić information content (AvgIpc) is 2.50. The summed E-state index contributed by atoms with van der Waals surface area (Å²) in [5, 5.41) is 3.17. The maximum absolute atomic E-state index is 12.3. The summed E-state index contributed by atoms with van der Waals surface area (Å²) in [6.07, 6.45) is 0. The zero-order chi connectivity index (χ0) is 17.0. The van der Waals surface area contributed by atoms with Gasteiger partial charge in [-0.25, -0.2) is 0 Å². The van der Waals surface area contributed by atoms with Crippen LogP contribution < -0.4 is 14.8 Å². The summed E-state index contributed by atoms with van der Waals surface area (Å²) in [4.78, 5) is 12.3. The Hall–Kier alpha value is -2.34. The summed E-state index contributed by atoms with van der Waals surface area (Å²) < 4.78 is 33.9. The Morgan fingerprint density at radius 1 is 1.26 bits per heavy atom. The number of anilines is 1. The number of alkyl halides is 2. The fraction of sp³-hybridized carbons (Fsp3) is 0.188. The summed E-state index contributed by atoms with van der Waals surface area (Å²) >= 11 is 6.01. The molecule has 0 radical (unpaired) electrons. The molecule has 1 amide bonds. The average molecular weight is 342 g/mol. The van der Waals surface area contributed by atoms with Gasteiger partial charge in [0.25, 0.3) is 5.91 Å². The van der Waals surface area contributed by atoms with Crippen LogP contribution >= 0.6 is 11.6 Å². The van der Waals surface area contributed by atoms with Crippen LogP contribution in [0.5, 0.6) is 11.5 Å². The molecule has 7 heteroatoms. The zero-order valence-electron chi connectivity index (χ0n) is 12.4. The molecule has 0 heterocycles. The molecule has 0 aromatic heterocycles. The lowest BCUT2D eigenvalue weighted by Crippen LogP contribution is -2.13. The highest BCUT2D eigenvalue weighted by molar-refractivity contribution is 6.31. The number of halogens is 3. The van der Waals surface area contributed by atoms with E-state index < -0.39 is 12.5 Å². The summed E-state index contributed by atoms with van der Waals surface area (Å²) in [6, 6.07) is 8.77. The number of hydrogen-bond donors (Lipinski definition) is 1. The molecular formula is C16H14ClF2NO3. The van der Waals surface area contributed by atoms with Crippen LogP contribution in [0.1, 0.15) is 15.9 Å². The second kappa shape index (κ2) is 7.28. The SMILES string of the molecule is COc1cc(Cl)c(C)cc1NC(=O)c1cccc(OC(F)F)c1. The fourth-order valence-electron chi connectivity index (χ4n) is 1.94. The van der Waals surface area contributed by atoms with Crippen LogP contribution in [0.15, 0.2) is 36.4 Å². The third-order valence-electron chi connectivity index (χ3n) is 3.05. The van der Waals surface area contributed by atoms with Crippen molar-refractivity contribution >= 4 is 23.2 Å². The number of nitrogens with one attached hydrogen (secondary N) is 1. The molecule has 0 spiro atoms. The number of methoxy groups -OCH3 is 1. The van der Waals surface area contributed by atoms with Crippen LogP contribution in [0.4, 0.5) is 14.5 Å². The Bertz CT molecular complexity index is 722. The summed E-state index contributed by atoms with van der Waals surface area (Å²) in [6.45, 7) is -1.17. The van der Waals surface area contributed by atoms with Gasteiger partial charge < -0.3 is 14.8 Å². The normalized spacial score (nSPS) is 10.5. The molecule has 2 aromatic carbocycles. The van der Waals surface area contributed by atoms with E-state index in [4.69, 9.17) is 16.3 Å². The molecule has 0 atom stereocenters. The van der Waals surface area contributed by atoms with Gasteiger partial charge in [0.1, 0.15) is 11.5 Å². The predicted octanol–water partition coefficient (Wildman–Crippen LogP) is 4.51. The van der Waals surface area contributed by atoms with Gasteiger partial charge in [-0.1, -0.05) is 17.7 Å². The lowest BCUT2D eigenvalue weighted by molar-refractivity contribution is -0.0498. The number of carbonyl (C=O) groups is 1. The van der Waals surface area contributed by atoms with Crippen LogP contribution in [0, 0.1) is 6.92 Å². The van der Waals surface area contributed by atoms with Gasteiger partial charge in [0.05, 0.1) is 12.8 Å². The van der Waals surface area contributed by atoms with Crippen LogP contribution in [-0.2, 0) is 0 Å². The number of amides is 1. The third-order valence-corrected chi connectivity index (χ3v) is 3.46. The van der Waals surface area contributed by atoms with Crippen LogP contribution in [0.3, 0.4) is 0 Å². The molecule has 122 valence electrons. The lowest BCUT2D eigenvalue weighted by atomic mass is 10.1. The second-order valence-corrected chi connectivity index (χ2v) is 5.07. The molecule has 2 rings (SSSR count). The van der Waals surface area contributed by atoms with Gasteiger partial charge in [0.15, 0.2) is 0 Å². The molecule has 0 unspecified atom stereocenters. The van der Waals surface area contributed by atoms with E-state index >= 15 is 0 Å². The van der Waals surface area contributed by atoms with E-state index in [1.807, 2.05) is 0 Å². The lowest BCUT2D eigenvalue weighted by Gasteiger charge is -2.13. The van der Waals surface area contributed by atoms with Crippen molar-refractivity contribution in [2.24, 2.45) is 0 Å². The highest BCUT2D eigenvalue weighted by Gasteiger charge is 2.13. The second-order valence-electron chi connectivity index (χ2n) is 4.66. The molecule has 0 aliphatic heterocycles. The summed E-state index contributed by atoms with van der Waals surface area (Å²) in [7, 11) is 1.45. The van der Waals surface area contributed by atoms with Gasteiger partial charge in [-0.2, -0.15) is 8.78 Å². The first kappa shape index (κ1) is 17.0. The van der Waals surface area contributed by atoms with Crippen LogP contribution in [0.25, 0.3) is 0 Å². The molecule has 0 bridgehead atoms. The highest BCUT2D eigenvalue weighted by Crippen LogP contribution is 2.31. The van der Waals surface area contributed by atoms with Crippen LogP contribution in [-0.4, -0.2) is 19.6 Å². The van der Waals surface area contributed by atoms with Crippen molar-refractivity contribution in [3.8, 4) is 11.5 Å². The molecule has 0 aliphatic rings. The highest BCUT2D eigenvalue weighted by atomic mass is 35.5. The molecule has 0 saturated heterocycles. The van der Waals surface area contributed by atoms with Gasteiger partial charge in [-0.15, -0.1) is 0 Å². The first-order chi connectivity index (χ1) is 10.9. The molecule has 0 aliphatic carbocycles. The van der Waals surface area contributed by atoms with Crippen LogP contribution in [0.2, 0.25) is 5.02 Å². The minimum absolute atomic E-state index is 0.0908. The Labute approximate surface area is 137 Å². The number of carbonyl (C=O) groups excluding carboxylic acids is 1. The standard InChI is InChI=1S/C16H14ClF2NO3/c1-9-6-13(14(22-2)8-12(9)17)20-15(21)10-4-3-5-11(7-10)23-16(18)19/h3-8,16H,1-2H3,(H,20,21). The fourth-order valence-corrected chi connectivity index (χ4v) is 2.09. The first-order valence-corrected chi connectivity index (χ1v) is 6.99. The number of benzene rings is 2. The molecule has 0 fully saturated rings. The molecule has 23 heavy (non-hydrogen) atoms. The van der Waals surface area contributed by atoms with E-state index in [9.17, 15) is 13.6 Å². The van der Waals surface area contributed by atoms with Gasteiger partial charge in [0, 0.05) is 16.7 Å². The van der Waals surface area contributed by atoms with Crippen molar-refractivity contribution in [2.75, 3.05) is 12.4 Å². The Kier molecular flexibility index (Phi) is 5.39. The van der Waals surface area contributed by atoms with Crippen molar-refractivity contribution in [2.45, 2.75) is 13.5 Å². The van der Waals surface area contributed by atoms with E-state index in [2.05, 4.69) is 10.1 Å². The van der Waals surface area contributed by atoms with E-state index in [0.717, 1.165) is 5.56 Å². The topological polar surface area (TPSA) is 47.6 Å². The Morgan fingerprint density at radius 3 is 2.65 bits per heavy atom. The Balaban J connectivity index is 2.24. The molecule has 2 aromatic rings. The molecular weight excluding hydrogens is 328 g/mol. The van der Waals surface area contributed by atoms with Crippen molar-refractivity contribution in [1.82, 2.24) is 0 Å². The molecule has 1 N–H and O–H groups in total. The van der Waals surface area contributed by atoms with Crippen molar-refractivity contribution in [3.05, 3.63) is 52.5 Å². The number of ether oxygens (including phenoxy) is 2. The number of aryl methyl sites for hydroxylation is 1. The maximum Gasteiger partial charge on any atom is 0.387 e. The predicted molar refractivity (Wildman–Crippen MR) is 83.8 cm³/mol. The Morgan fingerprint density at radius 2 is 2.00 bits per heavy atom. The van der Waals surface area contributed by atoms with E-state index in [1.165, 1.54) is 31.4 Å². The smallest absolute Gasteiger partial charge is 0.387 e. The largest absolute Gasteiger partial charge is 0.495 e. The molecule has 0 saturated carbocycles. The third kappa shape index (κ3) is 4.32. The monoisotopic (exact) mass is 341 g/mol. The van der Waals surface area contributed by atoms with Gasteiger partial charge >= 0.3 is 6.61 Å². The van der Waals surface area contributed by atoms with E-state index in [1.54, 1.807) is 19.1 Å². The summed E-state index contributed by atoms with van der Waals surface area (Å²) in [5.74, 6) is -0.175. The zero-order valence-corrected chi connectivity index (χ0v) is 13.2. The maximum atomic E-state index is 12.3. The van der Waals surface area contributed by atoms with Crippen molar-refractivity contribution in [3.63, 3.8) is 0 Å². The number of rotatable bonds is 5.